The third kappa shape index (κ3) is 3.76. The van der Waals surface area contributed by atoms with Crippen LogP contribution in [0.15, 0.2) is 18.2 Å². The molecule has 0 heterocycles. The van der Waals surface area contributed by atoms with Crippen molar-refractivity contribution in [2.45, 2.75) is 39.7 Å². The average molecular weight is 244 g/mol. The van der Waals surface area contributed by atoms with Crippen LogP contribution in [0.5, 0.6) is 0 Å². The van der Waals surface area contributed by atoms with Crippen LogP contribution < -0.4 is 5.73 Å². The molecule has 90 valence electrons. The molecule has 0 aromatic heterocycles. The van der Waals surface area contributed by atoms with Gasteiger partial charge in [-0.25, -0.2) is 4.39 Å². The molecule has 0 aliphatic rings. The largest absolute Gasteiger partial charge is 0.327 e. The van der Waals surface area contributed by atoms with E-state index in [-0.39, 0.29) is 17.3 Å². The molecule has 3 heteroatoms. The number of rotatable bonds is 3. The summed E-state index contributed by atoms with van der Waals surface area (Å²) >= 11 is 5.69. The van der Waals surface area contributed by atoms with Gasteiger partial charge < -0.3 is 5.73 Å². The van der Waals surface area contributed by atoms with Crippen molar-refractivity contribution in [3.63, 3.8) is 0 Å². The normalized spacial score (nSPS) is 13.9. The molecule has 1 nitrogen and oxygen atoms in total. The Labute approximate surface area is 102 Å². The monoisotopic (exact) mass is 243 g/mol. The number of hydrogen-bond donors (Lipinski definition) is 1. The van der Waals surface area contributed by atoms with Crippen molar-refractivity contribution in [1.82, 2.24) is 0 Å². The van der Waals surface area contributed by atoms with Gasteiger partial charge in [0.25, 0.3) is 0 Å². The smallest absolute Gasteiger partial charge is 0.127 e. The van der Waals surface area contributed by atoms with Gasteiger partial charge in [-0.1, -0.05) is 38.4 Å². The first-order valence-corrected chi connectivity index (χ1v) is 5.88. The first-order valence-electron chi connectivity index (χ1n) is 5.50. The number of nitrogens with two attached hydrogens (primary N) is 1. The van der Waals surface area contributed by atoms with Gasteiger partial charge in [0, 0.05) is 11.1 Å². The Balaban J connectivity index is 2.62. The standard InChI is InChI=1S/C13H19ClFN/c1-13(2,3)12(16)7-5-9-4-6-10(14)8-11(9)15/h4,6,8,12H,5,7,16H2,1-3H3. The van der Waals surface area contributed by atoms with E-state index in [2.05, 4.69) is 20.8 Å². The Morgan fingerprint density at radius 1 is 1.38 bits per heavy atom. The van der Waals surface area contributed by atoms with Crippen molar-refractivity contribution in [2.75, 3.05) is 0 Å². The summed E-state index contributed by atoms with van der Waals surface area (Å²) in [6.07, 6.45) is 1.43. The molecular weight excluding hydrogens is 225 g/mol. The lowest BCUT2D eigenvalue weighted by atomic mass is 9.84. The Morgan fingerprint density at radius 2 is 2.00 bits per heavy atom. The molecule has 1 unspecified atom stereocenters. The molecule has 0 saturated heterocycles. The second kappa shape index (κ2) is 5.15. The zero-order chi connectivity index (χ0) is 12.3. The third-order valence-electron chi connectivity index (χ3n) is 2.85. The highest BCUT2D eigenvalue weighted by atomic mass is 35.5. The molecule has 1 rings (SSSR count). The highest BCUT2D eigenvalue weighted by molar-refractivity contribution is 6.30. The van der Waals surface area contributed by atoms with Crippen molar-refractivity contribution in [2.24, 2.45) is 11.1 Å². The average Bonchev–Trinajstić information content (AvgIpc) is 2.14. The topological polar surface area (TPSA) is 26.0 Å². The van der Waals surface area contributed by atoms with Gasteiger partial charge in [0.05, 0.1) is 0 Å². The quantitative estimate of drug-likeness (QED) is 0.859. The maximum atomic E-state index is 13.5. The molecule has 16 heavy (non-hydrogen) atoms. The second-order valence-electron chi connectivity index (χ2n) is 5.25. The van der Waals surface area contributed by atoms with Gasteiger partial charge in [-0.05, 0) is 36.0 Å². The summed E-state index contributed by atoms with van der Waals surface area (Å²) in [7, 11) is 0. The van der Waals surface area contributed by atoms with Gasteiger partial charge in [-0.3, -0.25) is 0 Å². The lowest BCUT2D eigenvalue weighted by Gasteiger charge is -2.27. The van der Waals surface area contributed by atoms with E-state index < -0.39 is 0 Å². The van der Waals surface area contributed by atoms with Crippen LogP contribution >= 0.6 is 11.6 Å². The number of aryl methyl sites for hydroxylation is 1. The highest BCUT2D eigenvalue weighted by Gasteiger charge is 2.20. The van der Waals surface area contributed by atoms with Crippen molar-refractivity contribution < 1.29 is 4.39 Å². The molecule has 0 saturated carbocycles. The lowest BCUT2D eigenvalue weighted by Crippen LogP contribution is -2.35. The van der Waals surface area contributed by atoms with Gasteiger partial charge in [-0.2, -0.15) is 0 Å². The van der Waals surface area contributed by atoms with Crippen molar-refractivity contribution in [1.29, 1.82) is 0 Å². The predicted molar refractivity (Wildman–Crippen MR) is 67.2 cm³/mol. The summed E-state index contributed by atoms with van der Waals surface area (Å²) in [5.74, 6) is -0.242. The van der Waals surface area contributed by atoms with Crippen LogP contribution in [0.1, 0.15) is 32.8 Å². The third-order valence-corrected chi connectivity index (χ3v) is 3.09. The highest BCUT2D eigenvalue weighted by Crippen LogP contribution is 2.22. The van der Waals surface area contributed by atoms with Gasteiger partial charge in [0.1, 0.15) is 5.82 Å². The molecule has 0 spiro atoms. The zero-order valence-electron chi connectivity index (χ0n) is 10.1. The molecule has 0 amide bonds. The molecule has 0 fully saturated rings. The molecule has 2 N–H and O–H groups in total. The van der Waals surface area contributed by atoms with Crippen molar-refractivity contribution in [3.8, 4) is 0 Å². The summed E-state index contributed by atoms with van der Waals surface area (Å²) < 4.78 is 13.5. The molecule has 0 aliphatic heterocycles. The Bertz CT molecular complexity index is 357. The Hall–Kier alpha value is -0.600. The van der Waals surface area contributed by atoms with Gasteiger partial charge in [0.2, 0.25) is 0 Å². The first kappa shape index (κ1) is 13.5. The van der Waals surface area contributed by atoms with Crippen molar-refractivity contribution >= 4 is 11.6 Å². The summed E-state index contributed by atoms with van der Waals surface area (Å²) in [5, 5.41) is 0.432. The fraction of sp³-hybridized carbons (Fsp3) is 0.538. The summed E-state index contributed by atoms with van der Waals surface area (Å²) in [6.45, 7) is 6.28. The van der Waals surface area contributed by atoms with Gasteiger partial charge in [0.15, 0.2) is 0 Å². The molecule has 0 bridgehead atoms. The summed E-state index contributed by atoms with van der Waals surface area (Å²) in [6, 6.07) is 4.86. The lowest BCUT2D eigenvalue weighted by molar-refractivity contribution is 0.305. The van der Waals surface area contributed by atoms with E-state index in [1.807, 2.05) is 0 Å². The number of hydrogen-bond acceptors (Lipinski definition) is 1. The van der Waals surface area contributed by atoms with Gasteiger partial charge >= 0.3 is 0 Å². The molecule has 1 atom stereocenters. The van der Waals surface area contributed by atoms with Crippen LogP contribution in [0.3, 0.4) is 0 Å². The number of halogens is 2. The number of benzene rings is 1. The minimum absolute atomic E-state index is 0.0584. The minimum atomic E-state index is -0.242. The fourth-order valence-electron chi connectivity index (χ4n) is 1.47. The van der Waals surface area contributed by atoms with E-state index >= 15 is 0 Å². The van der Waals surface area contributed by atoms with E-state index in [0.717, 1.165) is 6.42 Å². The summed E-state index contributed by atoms with van der Waals surface area (Å²) in [4.78, 5) is 0. The zero-order valence-corrected chi connectivity index (χ0v) is 10.8. The van der Waals surface area contributed by atoms with Crippen LogP contribution in [0.2, 0.25) is 5.02 Å². The molecule has 0 aliphatic carbocycles. The molecule has 1 aromatic carbocycles. The SMILES string of the molecule is CC(C)(C)C(N)CCc1ccc(Cl)cc1F. The molecular formula is C13H19ClFN. The molecule has 1 aromatic rings. The minimum Gasteiger partial charge on any atom is -0.327 e. The van der Waals surface area contributed by atoms with Crippen LogP contribution in [0.4, 0.5) is 4.39 Å². The predicted octanol–water partition coefficient (Wildman–Crippen LogP) is 3.79. The Kier molecular flexibility index (Phi) is 4.34. The van der Waals surface area contributed by atoms with E-state index in [1.54, 1.807) is 12.1 Å². The first-order chi connectivity index (χ1) is 7.30. The maximum absolute atomic E-state index is 13.5. The van der Waals surface area contributed by atoms with Gasteiger partial charge in [-0.15, -0.1) is 0 Å². The van der Waals surface area contributed by atoms with Crippen LogP contribution in [-0.4, -0.2) is 6.04 Å². The second-order valence-corrected chi connectivity index (χ2v) is 5.68. The van der Waals surface area contributed by atoms with E-state index in [4.69, 9.17) is 17.3 Å². The van der Waals surface area contributed by atoms with Crippen LogP contribution in [0.25, 0.3) is 0 Å². The molecule has 0 radical (unpaired) electrons. The van der Waals surface area contributed by atoms with E-state index in [1.165, 1.54) is 6.07 Å². The van der Waals surface area contributed by atoms with Crippen LogP contribution in [-0.2, 0) is 6.42 Å². The fourth-order valence-corrected chi connectivity index (χ4v) is 1.63. The maximum Gasteiger partial charge on any atom is 0.127 e. The van der Waals surface area contributed by atoms with E-state index in [0.29, 0.717) is 17.0 Å². The van der Waals surface area contributed by atoms with Crippen molar-refractivity contribution in [3.05, 3.63) is 34.6 Å². The summed E-state index contributed by atoms with van der Waals surface area (Å²) in [5.41, 5.74) is 6.77. The van der Waals surface area contributed by atoms with Crippen LogP contribution in [0, 0.1) is 11.2 Å². The Morgan fingerprint density at radius 3 is 2.50 bits per heavy atom. The van der Waals surface area contributed by atoms with E-state index in [9.17, 15) is 4.39 Å².